The summed E-state index contributed by atoms with van der Waals surface area (Å²) in [6.45, 7) is 1.67. The summed E-state index contributed by atoms with van der Waals surface area (Å²) in [5.41, 5.74) is 0.351. The predicted octanol–water partition coefficient (Wildman–Crippen LogP) is 3.48. The molecule has 0 aromatic heterocycles. The Hall–Kier alpha value is -2.61. The Morgan fingerprint density at radius 2 is 1.76 bits per heavy atom. The van der Waals surface area contributed by atoms with Crippen LogP contribution in [0.4, 0.5) is 10.1 Å². The fourth-order valence-corrected chi connectivity index (χ4v) is 4.58. The van der Waals surface area contributed by atoms with Crippen molar-refractivity contribution in [3.8, 4) is 5.75 Å². The second-order valence-corrected chi connectivity index (χ2v) is 9.08. The summed E-state index contributed by atoms with van der Waals surface area (Å²) in [6, 6.07) is 11.7. The number of carbonyl (C=O) groups excluding carboxylic acids is 1. The van der Waals surface area contributed by atoms with Gasteiger partial charge in [0.05, 0.1) is 5.69 Å². The minimum absolute atomic E-state index is 0.166. The van der Waals surface area contributed by atoms with E-state index in [2.05, 4.69) is 5.32 Å². The zero-order chi connectivity index (χ0) is 21.0. The van der Waals surface area contributed by atoms with Crippen molar-refractivity contribution >= 4 is 21.6 Å². The molecule has 6 nitrogen and oxygen atoms in total. The lowest BCUT2D eigenvalue weighted by atomic mass is 10.2. The molecule has 2 aromatic rings. The SMILES string of the molecule is C[C@@H](Oc1ccc(N(C)S(=O)(=O)c2ccccc2F)cc1)C(=O)NC1CCCC1. The lowest BCUT2D eigenvalue weighted by Gasteiger charge is -2.21. The molecule has 1 N–H and O–H groups in total. The van der Waals surface area contributed by atoms with E-state index in [0.717, 1.165) is 36.1 Å². The second-order valence-electron chi connectivity index (χ2n) is 7.15. The molecule has 1 atom stereocenters. The quantitative estimate of drug-likeness (QED) is 0.744. The van der Waals surface area contributed by atoms with E-state index >= 15 is 0 Å². The Kier molecular flexibility index (Phi) is 6.42. The smallest absolute Gasteiger partial charge is 0.266 e. The maximum absolute atomic E-state index is 13.9. The van der Waals surface area contributed by atoms with Crippen LogP contribution in [0.15, 0.2) is 53.4 Å². The first kappa shape index (κ1) is 21.1. The number of carbonyl (C=O) groups is 1. The van der Waals surface area contributed by atoms with Crippen molar-refractivity contribution in [3.05, 3.63) is 54.3 Å². The van der Waals surface area contributed by atoms with Gasteiger partial charge in [-0.1, -0.05) is 25.0 Å². The van der Waals surface area contributed by atoms with Crippen molar-refractivity contribution in [2.24, 2.45) is 0 Å². The molecule has 0 aliphatic heterocycles. The van der Waals surface area contributed by atoms with E-state index in [0.29, 0.717) is 11.4 Å². The van der Waals surface area contributed by atoms with Gasteiger partial charge in [0.15, 0.2) is 6.10 Å². The molecular weight excluding hydrogens is 395 g/mol. The van der Waals surface area contributed by atoms with E-state index in [-0.39, 0.29) is 16.8 Å². The topological polar surface area (TPSA) is 75.7 Å². The number of rotatable bonds is 7. The lowest BCUT2D eigenvalue weighted by Crippen LogP contribution is -2.41. The molecule has 0 unspecified atom stereocenters. The predicted molar refractivity (Wildman–Crippen MR) is 109 cm³/mol. The summed E-state index contributed by atoms with van der Waals surface area (Å²) in [4.78, 5) is 11.9. The highest BCUT2D eigenvalue weighted by Crippen LogP contribution is 2.26. The highest BCUT2D eigenvalue weighted by atomic mass is 32.2. The van der Waals surface area contributed by atoms with E-state index in [1.54, 1.807) is 31.2 Å². The molecule has 2 aromatic carbocycles. The van der Waals surface area contributed by atoms with Crippen molar-refractivity contribution in [2.75, 3.05) is 11.4 Å². The third kappa shape index (κ3) is 4.87. The number of hydrogen-bond donors (Lipinski definition) is 1. The summed E-state index contributed by atoms with van der Waals surface area (Å²) in [5.74, 6) is -0.527. The van der Waals surface area contributed by atoms with E-state index in [1.165, 1.54) is 25.2 Å². The van der Waals surface area contributed by atoms with Crippen molar-refractivity contribution < 1.29 is 22.3 Å². The average molecular weight is 421 g/mol. The maximum Gasteiger partial charge on any atom is 0.266 e. The number of amides is 1. The third-order valence-corrected chi connectivity index (χ3v) is 6.88. The van der Waals surface area contributed by atoms with Gasteiger partial charge in [-0.25, -0.2) is 12.8 Å². The molecule has 1 aliphatic rings. The fraction of sp³-hybridized carbons (Fsp3) is 0.381. The summed E-state index contributed by atoms with van der Waals surface area (Å²) in [5, 5.41) is 2.98. The van der Waals surface area contributed by atoms with E-state index < -0.39 is 21.9 Å². The largest absolute Gasteiger partial charge is 0.481 e. The summed E-state index contributed by atoms with van der Waals surface area (Å²) < 4.78 is 45.9. The molecule has 29 heavy (non-hydrogen) atoms. The van der Waals surface area contributed by atoms with Gasteiger partial charge < -0.3 is 10.1 Å². The number of anilines is 1. The van der Waals surface area contributed by atoms with E-state index in [4.69, 9.17) is 4.74 Å². The number of sulfonamides is 1. The van der Waals surface area contributed by atoms with Crippen LogP contribution in [0, 0.1) is 5.82 Å². The third-order valence-electron chi connectivity index (χ3n) is 5.06. The van der Waals surface area contributed by atoms with Crippen LogP contribution < -0.4 is 14.4 Å². The Bertz CT molecular complexity index is 957. The first-order valence-corrected chi connectivity index (χ1v) is 11.0. The van der Waals surface area contributed by atoms with Crippen LogP contribution in [-0.4, -0.2) is 33.5 Å². The molecule has 1 saturated carbocycles. The Balaban J connectivity index is 1.66. The first-order chi connectivity index (χ1) is 13.8. The molecule has 0 heterocycles. The van der Waals surface area contributed by atoms with Crippen LogP contribution in [0.2, 0.25) is 0 Å². The highest BCUT2D eigenvalue weighted by Gasteiger charge is 2.25. The van der Waals surface area contributed by atoms with Crippen LogP contribution in [-0.2, 0) is 14.8 Å². The van der Waals surface area contributed by atoms with Gasteiger partial charge in [-0.2, -0.15) is 0 Å². The minimum Gasteiger partial charge on any atom is -0.481 e. The Morgan fingerprint density at radius 3 is 2.38 bits per heavy atom. The van der Waals surface area contributed by atoms with Crippen LogP contribution in [0.3, 0.4) is 0 Å². The fourth-order valence-electron chi connectivity index (χ4n) is 3.32. The molecule has 0 spiro atoms. The van der Waals surface area contributed by atoms with Crippen molar-refractivity contribution in [3.63, 3.8) is 0 Å². The molecule has 3 rings (SSSR count). The zero-order valence-electron chi connectivity index (χ0n) is 16.5. The molecule has 0 radical (unpaired) electrons. The molecule has 1 aliphatic carbocycles. The van der Waals surface area contributed by atoms with Crippen LogP contribution in [0.25, 0.3) is 0 Å². The number of benzene rings is 2. The van der Waals surface area contributed by atoms with Crippen LogP contribution >= 0.6 is 0 Å². The van der Waals surface area contributed by atoms with E-state index in [1.807, 2.05) is 0 Å². The van der Waals surface area contributed by atoms with Crippen molar-refractivity contribution in [1.82, 2.24) is 5.32 Å². The normalized spacial score (nSPS) is 15.7. The molecular formula is C21H25FN2O4S. The summed E-state index contributed by atoms with van der Waals surface area (Å²) in [7, 11) is -2.68. The highest BCUT2D eigenvalue weighted by molar-refractivity contribution is 7.92. The van der Waals surface area contributed by atoms with Gasteiger partial charge in [0.25, 0.3) is 15.9 Å². The summed E-state index contributed by atoms with van der Waals surface area (Å²) in [6.07, 6.45) is 3.59. The molecule has 156 valence electrons. The number of halogens is 1. The lowest BCUT2D eigenvalue weighted by molar-refractivity contribution is -0.127. The van der Waals surface area contributed by atoms with Gasteiger partial charge in [-0.3, -0.25) is 9.10 Å². The molecule has 1 fully saturated rings. The number of hydrogen-bond acceptors (Lipinski definition) is 4. The molecule has 1 amide bonds. The van der Waals surface area contributed by atoms with Gasteiger partial charge in [0, 0.05) is 13.1 Å². The first-order valence-electron chi connectivity index (χ1n) is 9.59. The molecule has 8 heteroatoms. The average Bonchev–Trinajstić information content (AvgIpc) is 3.21. The van der Waals surface area contributed by atoms with E-state index in [9.17, 15) is 17.6 Å². The molecule has 0 bridgehead atoms. The molecule has 0 saturated heterocycles. The van der Waals surface area contributed by atoms with Crippen LogP contribution in [0.1, 0.15) is 32.6 Å². The minimum atomic E-state index is -4.03. The van der Waals surface area contributed by atoms with Gasteiger partial charge in [-0.15, -0.1) is 0 Å². The zero-order valence-corrected chi connectivity index (χ0v) is 17.3. The Morgan fingerprint density at radius 1 is 1.14 bits per heavy atom. The van der Waals surface area contributed by atoms with Crippen molar-refractivity contribution in [1.29, 1.82) is 0 Å². The van der Waals surface area contributed by atoms with Gasteiger partial charge in [0.2, 0.25) is 0 Å². The van der Waals surface area contributed by atoms with Gasteiger partial charge >= 0.3 is 0 Å². The maximum atomic E-state index is 13.9. The second kappa shape index (κ2) is 8.82. The van der Waals surface area contributed by atoms with Crippen LogP contribution in [0.5, 0.6) is 5.75 Å². The van der Waals surface area contributed by atoms with Gasteiger partial charge in [0.1, 0.15) is 16.5 Å². The standard InChI is InChI=1S/C21H25FN2O4S/c1-15(21(25)23-16-7-3-4-8-16)28-18-13-11-17(12-14-18)24(2)29(26,27)20-10-6-5-9-19(20)22/h5-6,9-16H,3-4,7-8H2,1-2H3,(H,23,25)/t15-/m1/s1. The monoisotopic (exact) mass is 420 g/mol. The number of ether oxygens (including phenoxy) is 1. The van der Waals surface area contributed by atoms with Gasteiger partial charge in [-0.05, 0) is 56.2 Å². The summed E-state index contributed by atoms with van der Waals surface area (Å²) >= 11 is 0. The number of nitrogens with zero attached hydrogens (tertiary/aromatic N) is 1. The Labute approximate surface area is 170 Å². The van der Waals surface area contributed by atoms with Crippen molar-refractivity contribution in [2.45, 2.75) is 49.6 Å². The number of nitrogens with one attached hydrogen (secondary N) is 1.